The van der Waals surface area contributed by atoms with Gasteiger partial charge >= 0.3 is 6.18 Å². The highest BCUT2D eigenvalue weighted by molar-refractivity contribution is 7.99. The van der Waals surface area contributed by atoms with Crippen LogP contribution in [0, 0.1) is 0 Å². The van der Waals surface area contributed by atoms with Gasteiger partial charge in [0.1, 0.15) is 0 Å². The smallest absolute Gasteiger partial charge is 0.394 e. The second-order valence-electron chi connectivity index (χ2n) is 5.50. The van der Waals surface area contributed by atoms with Crippen LogP contribution in [0.5, 0.6) is 0 Å². The minimum atomic E-state index is -4.35. The molecule has 0 fully saturated rings. The molecule has 0 aliphatic carbocycles. The van der Waals surface area contributed by atoms with Gasteiger partial charge < -0.3 is 10.4 Å². The van der Waals surface area contributed by atoms with Gasteiger partial charge in [0.15, 0.2) is 0 Å². The predicted octanol–water partition coefficient (Wildman–Crippen LogP) is 3.33. The van der Waals surface area contributed by atoms with Crippen LogP contribution in [0.25, 0.3) is 0 Å². The van der Waals surface area contributed by atoms with Gasteiger partial charge in [-0.2, -0.15) is 13.2 Å². The largest absolute Gasteiger partial charge is 0.417 e. The Hall–Kier alpha value is -0.790. The van der Waals surface area contributed by atoms with Crippen molar-refractivity contribution in [3.8, 4) is 0 Å². The van der Waals surface area contributed by atoms with E-state index in [1.165, 1.54) is 17.8 Å². The van der Waals surface area contributed by atoms with Crippen LogP contribution in [0.1, 0.15) is 32.8 Å². The number of nitrogens with one attached hydrogen (secondary N) is 1. The molecule has 1 heterocycles. The first kappa shape index (κ1) is 18.3. The standard InChI is InChI=1S/C14H21F3N2OS/c1-10(2)19-13(3,9-20)6-7-21-12-5-4-11(8-18-12)14(15,16)17/h4-5,8,10,19-20H,6-7,9H2,1-3H3. The molecule has 1 aromatic rings. The normalized spacial score (nSPS) is 15.2. The van der Waals surface area contributed by atoms with E-state index in [1.54, 1.807) is 0 Å². The van der Waals surface area contributed by atoms with Gasteiger partial charge in [-0.3, -0.25) is 0 Å². The summed E-state index contributed by atoms with van der Waals surface area (Å²) in [7, 11) is 0. The first-order valence-electron chi connectivity index (χ1n) is 6.71. The molecule has 21 heavy (non-hydrogen) atoms. The van der Waals surface area contributed by atoms with Gasteiger partial charge in [-0.1, -0.05) is 13.8 Å². The number of pyridine rings is 1. The van der Waals surface area contributed by atoms with E-state index < -0.39 is 17.3 Å². The van der Waals surface area contributed by atoms with E-state index in [4.69, 9.17) is 0 Å². The van der Waals surface area contributed by atoms with Crippen LogP contribution in [0.4, 0.5) is 13.2 Å². The maximum atomic E-state index is 12.4. The van der Waals surface area contributed by atoms with E-state index in [9.17, 15) is 18.3 Å². The lowest BCUT2D eigenvalue weighted by Crippen LogP contribution is -2.49. The van der Waals surface area contributed by atoms with E-state index in [-0.39, 0.29) is 12.6 Å². The van der Waals surface area contributed by atoms with Crippen molar-refractivity contribution < 1.29 is 18.3 Å². The Morgan fingerprint density at radius 2 is 2.00 bits per heavy atom. The average molecular weight is 322 g/mol. The van der Waals surface area contributed by atoms with Crippen LogP contribution in [0.15, 0.2) is 23.4 Å². The average Bonchev–Trinajstić information content (AvgIpc) is 2.37. The van der Waals surface area contributed by atoms with Crippen molar-refractivity contribution in [1.82, 2.24) is 10.3 Å². The van der Waals surface area contributed by atoms with Gasteiger partial charge in [0.05, 0.1) is 17.2 Å². The summed E-state index contributed by atoms with van der Waals surface area (Å²) in [5.74, 6) is 0.662. The summed E-state index contributed by atoms with van der Waals surface area (Å²) in [6.07, 6.45) is -2.82. The fourth-order valence-electron chi connectivity index (χ4n) is 1.91. The Morgan fingerprint density at radius 3 is 2.43 bits per heavy atom. The molecule has 2 N–H and O–H groups in total. The van der Waals surface area contributed by atoms with E-state index in [2.05, 4.69) is 10.3 Å². The first-order valence-corrected chi connectivity index (χ1v) is 7.69. The monoisotopic (exact) mass is 322 g/mol. The molecular formula is C14H21F3N2OS. The van der Waals surface area contributed by atoms with Gasteiger partial charge in [0.25, 0.3) is 0 Å². The second-order valence-corrected chi connectivity index (χ2v) is 6.61. The van der Waals surface area contributed by atoms with E-state index in [1.807, 2.05) is 20.8 Å². The molecule has 0 saturated carbocycles. The molecule has 0 saturated heterocycles. The Kier molecular flexibility index (Phi) is 6.49. The summed E-state index contributed by atoms with van der Waals surface area (Å²) in [4.78, 5) is 3.81. The number of nitrogens with zero attached hydrogens (tertiary/aromatic N) is 1. The minimum Gasteiger partial charge on any atom is -0.394 e. The van der Waals surface area contributed by atoms with Crippen molar-refractivity contribution in [1.29, 1.82) is 0 Å². The molecule has 120 valence electrons. The summed E-state index contributed by atoms with van der Waals surface area (Å²) in [6, 6.07) is 2.66. The number of hydrogen-bond acceptors (Lipinski definition) is 4. The van der Waals surface area contributed by atoms with Crippen molar-refractivity contribution in [3.63, 3.8) is 0 Å². The highest BCUT2D eigenvalue weighted by Crippen LogP contribution is 2.29. The molecule has 0 amide bonds. The summed E-state index contributed by atoms with van der Waals surface area (Å²) >= 11 is 1.38. The van der Waals surface area contributed by atoms with E-state index >= 15 is 0 Å². The Bertz CT molecular complexity index is 437. The zero-order valence-electron chi connectivity index (χ0n) is 12.4. The molecule has 1 rings (SSSR count). The maximum Gasteiger partial charge on any atom is 0.417 e. The van der Waals surface area contributed by atoms with Crippen LogP contribution >= 0.6 is 11.8 Å². The molecule has 1 atom stereocenters. The molecule has 7 heteroatoms. The van der Waals surface area contributed by atoms with Crippen LogP contribution in [-0.4, -0.2) is 34.0 Å². The van der Waals surface area contributed by atoms with Crippen molar-refractivity contribution >= 4 is 11.8 Å². The van der Waals surface area contributed by atoms with Crippen molar-refractivity contribution in [2.75, 3.05) is 12.4 Å². The number of rotatable bonds is 7. The van der Waals surface area contributed by atoms with Gasteiger partial charge in [-0.05, 0) is 25.5 Å². The number of aromatic nitrogens is 1. The lowest BCUT2D eigenvalue weighted by Gasteiger charge is -2.31. The molecule has 0 aliphatic rings. The summed E-state index contributed by atoms with van der Waals surface area (Å²) in [6.45, 7) is 5.93. The topological polar surface area (TPSA) is 45.1 Å². The predicted molar refractivity (Wildman–Crippen MR) is 78.3 cm³/mol. The number of aliphatic hydroxyl groups excluding tert-OH is 1. The minimum absolute atomic E-state index is 0.00613. The molecule has 0 bridgehead atoms. The Labute approximate surface area is 127 Å². The van der Waals surface area contributed by atoms with Crippen LogP contribution in [0.2, 0.25) is 0 Å². The Balaban J connectivity index is 2.52. The van der Waals surface area contributed by atoms with Crippen molar-refractivity contribution in [2.45, 2.75) is 50.0 Å². The number of thioether (sulfide) groups is 1. The quantitative estimate of drug-likeness (QED) is 0.756. The first-order chi connectivity index (χ1) is 9.66. The lowest BCUT2D eigenvalue weighted by molar-refractivity contribution is -0.137. The second kappa shape index (κ2) is 7.47. The molecule has 0 radical (unpaired) electrons. The number of hydrogen-bond donors (Lipinski definition) is 2. The van der Waals surface area contributed by atoms with Gasteiger partial charge in [-0.25, -0.2) is 4.98 Å². The number of aliphatic hydroxyl groups is 1. The van der Waals surface area contributed by atoms with Gasteiger partial charge in [0, 0.05) is 23.5 Å². The van der Waals surface area contributed by atoms with Crippen molar-refractivity contribution in [3.05, 3.63) is 23.9 Å². The zero-order chi connectivity index (χ0) is 16.1. The molecule has 3 nitrogen and oxygen atoms in total. The Morgan fingerprint density at radius 1 is 1.33 bits per heavy atom. The third-order valence-electron chi connectivity index (χ3n) is 2.95. The fourth-order valence-corrected chi connectivity index (χ4v) is 2.96. The third-order valence-corrected chi connectivity index (χ3v) is 3.90. The highest BCUT2D eigenvalue weighted by Gasteiger charge is 2.30. The number of alkyl halides is 3. The van der Waals surface area contributed by atoms with E-state index in [0.29, 0.717) is 17.2 Å². The van der Waals surface area contributed by atoms with E-state index in [0.717, 1.165) is 12.3 Å². The molecular weight excluding hydrogens is 301 g/mol. The van der Waals surface area contributed by atoms with Crippen LogP contribution in [0.3, 0.4) is 0 Å². The van der Waals surface area contributed by atoms with Crippen LogP contribution in [-0.2, 0) is 6.18 Å². The zero-order valence-corrected chi connectivity index (χ0v) is 13.2. The third kappa shape index (κ3) is 6.23. The summed E-state index contributed by atoms with van der Waals surface area (Å²) in [5.41, 5.74) is -1.14. The molecule has 1 aromatic heterocycles. The van der Waals surface area contributed by atoms with Crippen molar-refractivity contribution in [2.24, 2.45) is 0 Å². The molecule has 1 unspecified atom stereocenters. The summed E-state index contributed by atoms with van der Waals surface area (Å²) < 4.78 is 37.2. The summed E-state index contributed by atoms with van der Waals surface area (Å²) in [5, 5.41) is 13.3. The van der Waals surface area contributed by atoms with Crippen LogP contribution < -0.4 is 5.32 Å². The van der Waals surface area contributed by atoms with Gasteiger partial charge in [0.2, 0.25) is 0 Å². The van der Waals surface area contributed by atoms with Gasteiger partial charge in [-0.15, -0.1) is 11.8 Å². The highest BCUT2D eigenvalue weighted by atomic mass is 32.2. The number of halogens is 3. The SMILES string of the molecule is CC(C)NC(C)(CO)CCSc1ccc(C(F)(F)F)cn1. The molecule has 0 aliphatic heterocycles. The molecule has 0 aromatic carbocycles. The lowest BCUT2D eigenvalue weighted by atomic mass is 9.99. The fraction of sp³-hybridized carbons (Fsp3) is 0.643. The molecule has 0 spiro atoms. The maximum absolute atomic E-state index is 12.4.